The number of nitrogens with zero attached hydrogens (tertiary/aromatic N) is 3. The lowest BCUT2D eigenvalue weighted by Gasteiger charge is -2.17. The Bertz CT molecular complexity index is 615. The van der Waals surface area contributed by atoms with E-state index in [1.165, 1.54) is 23.5 Å². The lowest BCUT2D eigenvalue weighted by molar-refractivity contribution is -0.386. The molecule has 19 heavy (non-hydrogen) atoms. The Morgan fingerprint density at radius 2 is 2.26 bits per heavy atom. The second kappa shape index (κ2) is 5.31. The van der Waals surface area contributed by atoms with Gasteiger partial charge in [-0.2, -0.15) is 4.39 Å². The van der Waals surface area contributed by atoms with Gasteiger partial charge in [0.25, 0.3) is 0 Å². The zero-order chi connectivity index (χ0) is 14.0. The topological polar surface area (TPSA) is 59.3 Å². The molecular formula is C12H12FN3O2S. The van der Waals surface area contributed by atoms with E-state index >= 15 is 0 Å². The highest BCUT2D eigenvalue weighted by Gasteiger charge is 2.22. The molecule has 0 radical (unpaired) electrons. The van der Waals surface area contributed by atoms with E-state index in [2.05, 4.69) is 4.98 Å². The predicted molar refractivity (Wildman–Crippen MR) is 72.0 cm³/mol. The maximum Gasteiger partial charge on any atom is 0.327 e. The van der Waals surface area contributed by atoms with Crippen LogP contribution in [0.2, 0.25) is 0 Å². The fourth-order valence-corrected chi connectivity index (χ4v) is 2.58. The van der Waals surface area contributed by atoms with Crippen LogP contribution in [0.15, 0.2) is 23.6 Å². The molecule has 2 aromatic rings. The van der Waals surface area contributed by atoms with Crippen molar-refractivity contribution in [2.45, 2.75) is 13.5 Å². The van der Waals surface area contributed by atoms with E-state index in [1.807, 2.05) is 12.3 Å². The monoisotopic (exact) mass is 281 g/mol. The van der Waals surface area contributed by atoms with Crippen molar-refractivity contribution in [2.24, 2.45) is 0 Å². The minimum atomic E-state index is -0.829. The Hall–Kier alpha value is -2.02. The summed E-state index contributed by atoms with van der Waals surface area (Å²) in [7, 11) is 1.68. The number of aromatic nitrogens is 1. The maximum atomic E-state index is 13.5. The van der Waals surface area contributed by atoms with Crippen LogP contribution >= 0.6 is 11.3 Å². The van der Waals surface area contributed by atoms with Crippen LogP contribution < -0.4 is 4.90 Å². The van der Waals surface area contributed by atoms with Crippen molar-refractivity contribution in [3.63, 3.8) is 0 Å². The number of nitro groups is 1. The molecule has 0 amide bonds. The first-order valence-electron chi connectivity index (χ1n) is 5.54. The van der Waals surface area contributed by atoms with Crippen LogP contribution in [0, 0.1) is 22.9 Å². The van der Waals surface area contributed by atoms with Gasteiger partial charge in [-0.3, -0.25) is 10.1 Å². The summed E-state index contributed by atoms with van der Waals surface area (Å²) in [6, 6.07) is 4.08. The molecule has 7 heteroatoms. The molecule has 1 heterocycles. The molecule has 1 aromatic heterocycles. The highest BCUT2D eigenvalue weighted by molar-refractivity contribution is 7.09. The number of nitro benzene ring substituents is 1. The quantitative estimate of drug-likeness (QED) is 0.638. The van der Waals surface area contributed by atoms with Crippen LogP contribution in [0.5, 0.6) is 0 Å². The van der Waals surface area contributed by atoms with Gasteiger partial charge in [-0.1, -0.05) is 6.07 Å². The first kappa shape index (κ1) is 13.4. The second-order valence-electron chi connectivity index (χ2n) is 4.10. The molecule has 0 fully saturated rings. The first-order valence-corrected chi connectivity index (χ1v) is 6.42. The largest absolute Gasteiger partial charge is 0.362 e. The van der Waals surface area contributed by atoms with E-state index in [1.54, 1.807) is 11.9 Å². The first-order chi connectivity index (χ1) is 8.99. The van der Waals surface area contributed by atoms with Crippen LogP contribution in [0.1, 0.15) is 10.7 Å². The molecule has 0 atom stereocenters. The third kappa shape index (κ3) is 2.87. The third-order valence-electron chi connectivity index (χ3n) is 2.60. The molecule has 0 aliphatic carbocycles. The van der Waals surface area contributed by atoms with Crippen LogP contribution in [0.25, 0.3) is 0 Å². The highest BCUT2D eigenvalue weighted by Crippen LogP contribution is 2.31. The number of rotatable bonds is 4. The third-order valence-corrected chi connectivity index (χ3v) is 3.55. The van der Waals surface area contributed by atoms with Gasteiger partial charge in [-0.15, -0.1) is 11.3 Å². The van der Waals surface area contributed by atoms with E-state index < -0.39 is 16.4 Å². The lowest BCUT2D eigenvalue weighted by atomic mass is 10.2. The predicted octanol–water partition coefficient (Wildman–Crippen LogP) is 3.14. The zero-order valence-corrected chi connectivity index (χ0v) is 11.3. The molecular weight excluding hydrogens is 269 g/mol. The van der Waals surface area contributed by atoms with Gasteiger partial charge in [0, 0.05) is 18.1 Å². The minimum absolute atomic E-state index is 0.248. The SMILES string of the molecule is Cc1csc(CN(C)c2cccc(F)c2[N+](=O)[O-])n1. The number of hydrogen-bond donors (Lipinski definition) is 0. The van der Waals surface area contributed by atoms with Crippen molar-refractivity contribution in [1.29, 1.82) is 0 Å². The maximum absolute atomic E-state index is 13.5. The van der Waals surface area contributed by atoms with E-state index in [-0.39, 0.29) is 5.69 Å². The van der Waals surface area contributed by atoms with Crippen LogP contribution in [-0.2, 0) is 6.54 Å². The molecule has 0 aliphatic rings. The molecule has 0 aliphatic heterocycles. The van der Waals surface area contributed by atoms with Crippen molar-refractivity contribution >= 4 is 22.7 Å². The second-order valence-corrected chi connectivity index (χ2v) is 5.05. The average molecular weight is 281 g/mol. The summed E-state index contributed by atoms with van der Waals surface area (Å²) in [6.07, 6.45) is 0. The Balaban J connectivity index is 2.31. The minimum Gasteiger partial charge on any atom is -0.362 e. The summed E-state index contributed by atoms with van der Waals surface area (Å²) in [6.45, 7) is 2.29. The molecule has 0 spiro atoms. The fraction of sp³-hybridized carbons (Fsp3) is 0.250. The summed E-state index contributed by atoms with van der Waals surface area (Å²) >= 11 is 1.47. The molecule has 0 unspecified atom stereocenters. The Kier molecular flexibility index (Phi) is 3.75. The standard InChI is InChI=1S/C12H12FN3O2S/c1-8-7-19-11(14-8)6-15(2)10-5-3-4-9(13)12(10)16(17)18/h3-5,7H,6H2,1-2H3. The number of benzene rings is 1. The highest BCUT2D eigenvalue weighted by atomic mass is 32.1. The molecule has 5 nitrogen and oxygen atoms in total. The van der Waals surface area contributed by atoms with Crippen molar-refractivity contribution in [1.82, 2.24) is 4.98 Å². The number of hydrogen-bond acceptors (Lipinski definition) is 5. The van der Waals surface area contributed by atoms with E-state index in [0.29, 0.717) is 6.54 Å². The van der Waals surface area contributed by atoms with Crippen LogP contribution in [-0.4, -0.2) is 17.0 Å². The number of halogens is 1. The summed E-state index contributed by atoms with van der Waals surface area (Å²) in [5, 5.41) is 13.7. The molecule has 100 valence electrons. The summed E-state index contributed by atoms with van der Waals surface area (Å²) in [4.78, 5) is 16.1. The summed E-state index contributed by atoms with van der Waals surface area (Å²) in [5.41, 5.74) is 0.651. The zero-order valence-electron chi connectivity index (χ0n) is 10.5. The number of para-hydroxylation sites is 1. The summed E-state index contributed by atoms with van der Waals surface area (Å²) in [5.74, 6) is -0.829. The molecule has 0 N–H and O–H groups in total. The number of aryl methyl sites for hydroxylation is 1. The Morgan fingerprint density at radius 3 is 2.84 bits per heavy atom. The average Bonchev–Trinajstić information content (AvgIpc) is 2.73. The van der Waals surface area contributed by atoms with Gasteiger partial charge in [0.05, 0.1) is 11.5 Å². The molecule has 0 saturated carbocycles. The lowest BCUT2D eigenvalue weighted by Crippen LogP contribution is -2.18. The van der Waals surface area contributed by atoms with Crippen LogP contribution in [0.4, 0.5) is 15.8 Å². The van der Waals surface area contributed by atoms with Crippen molar-refractivity contribution < 1.29 is 9.31 Å². The van der Waals surface area contributed by atoms with Crippen molar-refractivity contribution in [3.8, 4) is 0 Å². The van der Waals surface area contributed by atoms with Crippen molar-refractivity contribution in [2.75, 3.05) is 11.9 Å². The number of thiazole rings is 1. The van der Waals surface area contributed by atoms with Gasteiger partial charge in [-0.05, 0) is 19.1 Å². The van der Waals surface area contributed by atoms with Gasteiger partial charge in [-0.25, -0.2) is 4.98 Å². The smallest absolute Gasteiger partial charge is 0.327 e. The van der Waals surface area contributed by atoms with Gasteiger partial charge in [0.1, 0.15) is 10.7 Å². The van der Waals surface area contributed by atoms with Gasteiger partial charge in [0.15, 0.2) is 0 Å². The van der Waals surface area contributed by atoms with E-state index in [4.69, 9.17) is 0 Å². The van der Waals surface area contributed by atoms with Crippen LogP contribution in [0.3, 0.4) is 0 Å². The normalized spacial score (nSPS) is 10.5. The molecule has 2 rings (SSSR count). The molecule has 0 bridgehead atoms. The van der Waals surface area contributed by atoms with E-state index in [9.17, 15) is 14.5 Å². The number of anilines is 1. The Labute approximate surface area is 113 Å². The molecule has 1 aromatic carbocycles. The van der Waals surface area contributed by atoms with Gasteiger partial charge >= 0.3 is 5.69 Å². The van der Waals surface area contributed by atoms with Gasteiger partial charge < -0.3 is 4.90 Å². The van der Waals surface area contributed by atoms with Crippen molar-refractivity contribution in [3.05, 3.63) is 50.2 Å². The summed E-state index contributed by atoms with van der Waals surface area (Å²) < 4.78 is 13.5. The molecule has 0 saturated heterocycles. The Morgan fingerprint density at radius 1 is 1.53 bits per heavy atom. The fourth-order valence-electron chi connectivity index (χ4n) is 1.76. The van der Waals surface area contributed by atoms with E-state index in [0.717, 1.165) is 16.8 Å². The van der Waals surface area contributed by atoms with Gasteiger partial charge in [0.2, 0.25) is 5.82 Å².